The van der Waals surface area contributed by atoms with E-state index in [0.29, 0.717) is 12.5 Å². The van der Waals surface area contributed by atoms with E-state index in [2.05, 4.69) is 13.8 Å². The van der Waals surface area contributed by atoms with Crippen LogP contribution in [0.3, 0.4) is 0 Å². The molecule has 0 aromatic rings. The number of hydrogen-bond acceptors (Lipinski definition) is 2. The lowest BCUT2D eigenvalue weighted by Gasteiger charge is -2.13. The first-order chi connectivity index (χ1) is 10.8. The molecule has 0 spiro atoms. The summed E-state index contributed by atoms with van der Waals surface area (Å²) >= 11 is 0. The van der Waals surface area contributed by atoms with Crippen molar-refractivity contribution in [1.82, 2.24) is 0 Å². The lowest BCUT2D eigenvalue weighted by molar-refractivity contribution is 0.204. The Morgan fingerprint density at radius 1 is 0.545 bits per heavy atom. The SMILES string of the molecule is CCCCCCCCC(CO)CCCCCCCC.CCO. The first kappa shape index (κ1) is 24.2. The fraction of sp³-hybridized carbons (Fsp3) is 1.00. The maximum atomic E-state index is 9.41. The van der Waals surface area contributed by atoms with Gasteiger partial charge in [0, 0.05) is 13.2 Å². The summed E-state index contributed by atoms with van der Waals surface area (Å²) in [5.74, 6) is 0.581. The number of hydrogen-bond donors (Lipinski definition) is 2. The van der Waals surface area contributed by atoms with E-state index < -0.39 is 0 Å². The molecule has 0 heterocycles. The van der Waals surface area contributed by atoms with Crippen molar-refractivity contribution < 1.29 is 10.2 Å². The lowest BCUT2D eigenvalue weighted by atomic mass is 9.95. The summed E-state index contributed by atoms with van der Waals surface area (Å²) in [6.45, 7) is 6.87. The van der Waals surface area contributed by atoms with Crippen LogP contribution in [0.2, 0.25) is 0 Å². The molecule has 0 aromatic carbocycles. The van der Waals surface area contributed by atoms with Crippen LogP contribution in [-0.2, 0) is 0 Å². The molecule has 0 aliphatic rings. The van der Waals surface area contributed by atoms with E-state index in [1.54, 1.807) is 6.92 Å². The van der Waals surface area contributed by atoms with Crippen molar-refractivity contribution >= 4 is 0 Å². The van der Waals surface area contributed by atoms with Crippen molar-refractivity contribution in [3.8, 4) is 0 Å². The molecule has 0 rings (SSSR count). The Kier molecular flexibility index (Phi) is 25.5. The van der Waals surface area contributed by atoms with Gasteiger partial charge in [0.05, 0.1) is 0 Å². The molecular weight excluding hydrogens is 272 g/mol. The fourth-order valence-corrected chi connectivity index (χ4v) is 2.75. The molecule has 136 valence electrons. The lowest BCUT2D eigenvalue weighted by Crippen LogP contribution is -2.06. The molecule has 2 N–H and O–H groups in total. The Bertz CT molecular complexity index is 155. The number of aliphatic hydroxyl groups is 2. The van der Waals surface area contributed by atoms with E-state index in [1.807, 2.05) is 0 Å². The summed E-state index contributed by atoms with van der Waals surface area (Å²) in [4.78, 5) is 0. The molecule has 0 atom stereocenters. The summed E-state index contributed by atoms with van der Waals surface area (Å²) < 4.78 is 0. The van der Waals surface area contributed by atoms with Crippen LogP contribution in [0.25, 0.3) is 0 Å². The van der Waals surface area contributed by atoms with Gasteiger partial charge in [0.15, 0.2) is 0 Å². The van der Waals surface area contributed by atoms with E-state index in [-0.39, 0.29) is 6.61 Å². The summed E-state index contributed by atoms with van der Waals surface area (Å²) in [6, 6.07) is 0. The zero-order chi connectivity index (χ0) is 16.9. The van der Waals surface area contributed by atoms with Gasteiger partial charge in [-0.25, -0.2) is 0 Å². The highest BCUT2D eigenvalue weighted by Crippen LogP contribution is 2.18. The molecule has 0 bridgehead atoms. The van der Waals surface area contributed by atoms with Crippen LogP contribution in [0.1, 0.15) is 111 Å². The molecule has 0 radical (unpaired) electrons. The molecule has 0 unspecified atom stereocenters. The summed E-state index contributed by atoms with van der Waals surface area (Å²) in [6.07, 6.45) is 18.9. The molecule has 22 heavy (non-hydrogen) atoms. The molecule has 0 aliphatic heterocycles. The van der Waals surface area contributed by atoms with Gasteiger partial charge in [0.1, 0.15) is 0 Å². The molecule has 2 heteroatoms. The highest BCUT2D eigenvalue weighted by Gasteiger charge is 2.06. The van der Waals surface area contributed by atoms with Gasteiger partial charge in [-0.15, -0.1) is 0 Å². The minimum atomic E-state index is 0.250. The van der Waals surface area contributed by atoms with E-state index >= 15 is 0 Å². The van der Waals surface area contributed by atoms with Gasteiger partial charge in [-0.2, -0.15) is 0 Å². The molecule has 2 nitrogen and oxygen atoms in total. The average molecular weight is 317 g/mol. The Morgan fingerprint density at radius 2 is 0.864 bits per heavy atom. The van der Waals surface area contributed by atoms with Crippen molar-refractivity contribution in [2.45, 2.75) is 111 Å². The first-order valence-electron chi connectivity index (χ1n) is 9.98. The van der Waals surface area contributed by atoms with Crippen LogP contribution >= 0.6 is 0 Å². The van der Waals surface area contributed by atoms with Crippen molar-refractivity contribution in [3.63, 3.8) is 0 Å². The predicted octanol–water partition coefficient (Wildman–Crippen LogP) is 6.09. The van der Waals surface area contributed by atoms with Gasteiger partial charge in [0.25, 0.3) is 0 Å². The second kappa shape index (κ2) is 23.2. The minimum absolute atomic E-state index is 0.250. The smallest absolute Gasteiger partial charge is 0.0459 e. The molecule has 0 amide bonds. The topological polar surface area (TPSA) is 40.5 Å². The number of aliphatic hydroxyl groups excluding tert-OH is 2. The molecule has 0 saturated heterocycles. The Labute approximate surface area is 140 Å². The minimum Gasteiger partial charge on any atom is -0.397 e. The van der Waals surface area contributed by atoms with Crippen LogP contribution in [0.5, 0.6) is 0 Å². The van der Waals surface area contributed by atoms with Crippen LogP contribution in [0, 0.1) is 5.92 Å². The van der Waals surface area contributed by atoms with Crippen LogP contribution in [0.4, 0.5) is 0 Å². The summed E-state index contributed by atoms with van der Waals surface area (Å²) in [5.41, 5.74) is 0. The highest BCUT2D eigenvalue weighted by molar-refractivity contribution is 4.59. The van der Waals surface area contributed by atoms with Gasteiger partial charge in [-0.3, -0.25) is 0 Å². The maximum Gasteiger partial charge on any atom is 0.0459 e. The molecule has 0 saturated carbocycles. The zero-order valence-electron chi connectivity index (χ0n) is 15.8. The third-order valence-electron chi connectivity index (χ3n) is 4.19. The third-order valence-corrected chi connectivity index (χ3v) is 4.19. The highest BCUT2D eigenvalue weighted by atomic mass is 16.3. The third kappa shape index (κ3) is 22.2. The van der Waals surface area contributed by atoms with Crippen LogP contribution < -0.4 is 0 Å². The largest absolute Gasteiger partial charge is 0.397 e. The van der Waals surface area contributed by atoms with Crippen molar-refractivity contribution in [2.75, 3.05) is 13.2 Å². The quantitative estimate of drug-likeness (QED) is 0.359. The van der Waals surface area contributed by atoms with Crippen LogP contribution in [0.15, 0.2) is 0 Å². The van der Waals surface area contributed by atoms with Gasteiger partial charge in [-0.1, -0.05) is 90.9 Å². The second-order valence-corrected chi connectivity index (χ2v) is 6.48. The normalized spacial score (nSPS) is 10.6. The van der Waals surface area contributed by atoms with Crippen molar-refractivity contribution in [3.05, 3.63) is 0 Å². The first-order valence-corrected chi connectivity index (χ1v) is 9.98. The number of unbranched alkanes of at least 4 members (excludes halogenated alkanes) is 10. The van der Waals surface area contributed by atoms with E-state index in [9.17, 15) is 5.11 Å². The van der Waals surface area contributed by atoms with Gasteiger partial charge in [-0.05, 0) is 25.7 Å². The van der Waals surface area contributed by atoms with E-state index in [0.717, 1.165) is 0 Å². The Hall–Kier alpha value is -0.0800. The van der Waals surface area contributed by atoms with Crippen molar-refractivity contribution in [2.24, 2.45) is 5.92 Å². The van der Waals surface area contributed by atoms with Gasteiger partial charge in [0.2, 0.25) is 0 Å². The zero-order valence-corrected chi connectivity index (χ0v) is 15.8. The van der Waals surface area contributed by atoms with Gasteiger partial charge >= 0.3 is 0 Å². The van der Waals surface area contributed by atoms with Crippen molar-refractivity contribution in [1.29, 1.82) is 0 Å². The second-order valence-electron chi connectivity index (χ2n) is 6.48. The van der Waals surface area contributed by atoms with E-state index in [1.165, 1.54) is 89.9 Å². The van der Waals surface area contributed by atoms with Crippen LogP contribution in [-0.4, -0.2) is 23.4 Å². The monoisotopic (exact) mass is 316 g/mol. The molecule has 0 aliphatic carbocycles. The Morgan fingerprint density at radius 3 is 1.18 bits per heavy atom. The summed E-state index contributed by atoms with van der Waals surface area (Å²) in [5, 5.41) is 17.0. The Balaban J connectivity index is 0. The summed E-state index contributed by atoms with van der Waals surface area (Å²) in [7, 11) is 0. The number of rotatable bonds is 15. The maximum absolute atomic E-state index is 9.41. The van der Waals surface area contributed by atoms with Gasteiger partial charge < -0.3 is 10.2 Å². The fourth-order valence-electron chi connectivity index (χ4n) is 2.75. The molecule has 0 aromatic heterocycles. The molecule has 0 fully saturated rings. The standard InChI is InChI=1S/C18H38O.C2H6O/c1-3-5-7-9-11-13-15-18(17-19)16-14-12-10-8-6-4-2;1-2-3/h18-19H,3-17H2,1-2H3;3H,2H2,1H3. The molecular formula is C20H44O2. The van der Waals surface area contributed by atoms with E-state index in [4.69, 9.17) is 5.11 Å². The predicted molar refractivity (Wildman–Crippen MR) is 99.3 cm³/mol. The average Bonchev–Trinajstić information content (AvgIpc) is 2.52.